The number of carbonyl (C=O) groups excluding carboxylic acids is 1. The van der Waals surface area contributed by atoms with Crippen molar-refractivity contribution >= 4 is 17.7 Å². The Labute approximate surface area is 204 Å². The maximum atomic E-state index is 12.5. The van der Waals surface area contributed by atoms with Crippen LogP contribution in [-0.4, -0.2) is 33.5 Å². The van der Waals surface area contributed by atoms with Gasteiger partial charge in [0.25, 0.3) is 0 Å². The summed E-state index contributed by atoms with van der Waals surface area (Å²) < 4.78 is 7.37. The van der Waals surface area contributed by atoms with Gasteiger partial charge in [0.05, 0.1) is 12.9 Å². The summed E-state index contributed by atoms with van der Waals surface area (Å²) >= 11 is 1.40. The Morgan fingerprint density at radius 2 is 1.68 bits per heavy atom. The van der Waals surface area contributed by atoms with Crippen LogP contribution in [0.5, 0.6) is 5.75 Å². The van der Waals surface area contributed by atoms with Crippen molar-refractivity contribution in [2.75, 3.05) is 12.9 Å². The molecule has 0 saturated heterocycles. The Morgan fingerprint density at radius 1 is 0.941 bits per heavy atom. The highest BCUT2D eigenvalue weighted by atomic mass is 32.2. The van der Waals surface area contributed by atoms with E-state index in [9.17, 15) is 4.79 Å². The number of methoxy groups -OCH3 is 1. The van der Waals surface area contributed by atoms with Gasteiger partial charge in [-0.15, -0.1) is 10.2 Å². The van der Waals surface area contributed by atoms with E-state index in [1.54, 1.807) is 7.11 Å². The molecule has 0 aliphatic carbocycles. The van der Waals surface area contributed by atoms with Crippen LogP contribution in [-0.2, 0) is 24.3 Å². The molecule has 0 fully saturated rings. The predicted molar refractivity (Wildman–Crippen MR) is 136 cm³/mol. The van der Waals surface area contributed by atoms with Gasteiger partial charge in [-0.05, 0) is 48.7 Å². The van der Waals surface area contributed by atoms with E-state index in [0.29, 0.717) is 13.1 Å². The zero-order valence-electron chi connectivity index (χ0n) is 19.4. The van der Waals surface area contributed by atoms with Gasteiger partial charge in [-0.2, -0.15) is 0 Å². The standard InChI is InChI=1S/C27H28N4O2S/c1-20-8-10-22(11-9-20)18-28-25(32)19-34-27-30-29-26(23-12-14-24(33-2)15-13-23)31(27)17-16-21-6-4-3-5-7-21/h3-15H,16-19H2,1-2H3,(H,28,32). The summed E-state index contributed by atoms with van der Waals surface area (Å²) in [7, 11) is 1.65. The normalized spacial score (nSPS) is 10.8. The van der Waals surface area contributed by atoms with Crippen LogP contribution in [0.3, 0.4) is 0 Å². The van der Waals surface area contributed by atoms with Crippen LogP contribution in [0, 0.1) is 6.92 Å². The highest BCUT2D eigenvalue weighted by Crippen LogP contribution is 2.26. The van der Waals surface area contributed by atoms with E-state index >= 15 is 0 Å². The molecule has 4 aromatic rings. The third kappa shape index (κ3) is 6.26. The number of benzene rings is 3. The lowest BCUT2D eigenvalue weighted by Crippen LogP contribution is -2.24. The molecular weight excluding hydrogens is 444 g/mol. The summed E-state index contributed by atoms with van der Waals surface area (Å²) in [5, 5.41) is 12.6. The molecule has 0 unspecified atom stereocenters. The number of amides is 1. The fourth-order valence-electron chi connectivity index (χ4n) is 3.52. The monoisotopic (exact) mass is 472 g/mol. The first-order chi connectivity index (χ1) is 16.6. The summed E-state index contributed by atoms with van der Waals surface area (Å²) in [5.74, 6) is 1.81. The minimum Gasteiger partial charge on any atom is -0.497 e. The topological polar surface area (TPSA) is 69.0 Å². The molecule has 4 rings (SSSR count). The van der Waals surface area contributed by atoms with Crippen LogP contribution >= 0.6 is 11.8 Å². The first-order valence-corrected chi connectivity index (χ1v) is 12.2. The zero-order chi connectivity index (χ0) is 23.8. The van der Waals surface area contributed by atoms with Crippen molar-refractivity contribution in [3.63, 3.8) is 0 Å². The number of aryl methyl sites for hydroxylation is 2. The van der Waals surface area contributed by atoms with Crippen molar-refractivity contribution < 1.29 is 9.53 Å². The maximum absolute atomic E-state index is 12.5. The molecule has 0 atom stereocenters. The van der Waals surface area contributed by atoms with E-state index in [1.165, 1.54) is 22.9 Å². The minimum absolute atomic E-state index is 0.0332. The van der Waals surface area contributed by atoms with Gasteiger partial charge in [0, 0.05) is 18.7 Å². The molecule has 0 radical (unpaired) electrons. The number of aromatic nitrogens is 3. The molecule has 0 aliphatic heterocycles. The van der Waals surface area contributed by atoms with Crippen LogP contribution in [0.1, 0.15) is 16.7 Å². The van der Waals surface area contributed by atoms with Crippen molar-refractivity contribution in [1.29, 1.82) is 0 Å². The lowest BCUT2D eigenvalue weighted by molar-refractivity contribution is -0.118. The molecular formula is C27H28N4O2S. The Kier molecular flexibility index (Phi) is 7.99. The average Bonchev–Trinajstić information content (AvgIpc) is 3.29. The third-order valence-electron chi connectivity index (χ3n) is 5.47. The van der Waals surface area contributed by atoms with E-state index in [1.807, 2.05) is 73.7 Å². The first kappa shape index (κ1) is 23.6. The smallest absolute Gasteiger partial charge is 0.230 e. The summed E-state index contributed by atoms with van der Waals surface area (Å²) in [6, 6.07) is 26.3. The molecule has 7 heteroatoms. The van der Waals surface area contributed by atoms with Gasteiger partial charge in [0.1, 0.15) is 5.75 Å². The Hall–Kier alpha value is -3.58. The quantitative estimate of drug-likeness (QED) is 0.332. The van der Waals surface area contributed by atoms with Crippen LogP contribution < -0.4 is 10.1 Å². The fourth-order valence-corrected chi connectivity index (χ4v) is 4.32. The highest BCUT2D eigenvalue weighted by Gasteiger charge is 2.16. The summed E-state index contributed by atoms with van der Waals surface area (Å²) in [5.41, 5.74) is 4.48. The lowest BCUT2D eigenvalue weighted by Gasteiger charge is -2.11. The van der Waals surface area contributed by atoms with E-state index in [4.69, 9.17) is 4.74 Å². The number of carbonyl (C=O) groups is 1. The van der Waals surface area contributed by atoms with Crippen LogP contribution in [0.15, 0.2) is 84.0 Å². The highest BCUT2D eigenvalue weighted by molar-refractivity contribution is 7.99. The Balaban J connectivity index is 1.45. The zero-order valence-corrected chi connectivity index (χ0v) is 20.2. The largest absolute Gasteiger partial charge is 0.497 e. The van der Waals surface area contributed by atoms with E-state index in [0.717, 1.165) is 34.3 Å². The number of ether oxygens (including phenoxy) is 1. The van der Waals surface area contributed by atoms with Crippen molar-refractivity contribution in [2.45, 2.75) is 31.6 Å². The first-order valence-electron chi connectivity index (χ1n) is 11.2. The molecule has 0 bridgehead atoms. The molecule has 3 aromatic carbocycles. The average molecular weight is 473 g/mol. The van der Waals surface area contributed by atoms with Crippen molar-refractivity contribution in [2.24, 2.45) is 0 Å². The van der Waals surface area contributed by atoms with Crippen molar-refractivity contribution in [1.82, 2.24) is 20.1 Å². The number of hydrogen-bond donors (Lipinski definition) is 1. The number of nitrogens with one attached hydrogen (secondary N) is 1. The summed E-state index contributed by atoms with van der Waals surface area (Å²) in [6.45, 7) is 3.27. The van der Waals surface area contributed by atoms with Gasteiger partial charge in [-0.25, -0.2) is 0 Å². The summed E-state index contributed by atoms with van der Waals surface area (Å²) in [4.78, 5) is 12.5. The van der Waals surface area contributed by atoms with Gasteiger partial charge in [-0.1, -0.05) is 71.9 Å². The molecule has 1 N–H and O–H groups in total. The Morgan fingerprint density at radius 3 is 2.38 bits per heavy atom. The van der Waals surface area contributed by atoms with Crippen molar-refractivity contribution in [3.05, 3.63) is 95.6 Å². The molecule has 1 aromatic heterocycles. The van der Waals surface area contributed by atoms with E-state index < -0.39 is 0 Å². The Bertz CT molecular complexity index is 1210. The minimum atomic E-state index is -0.0332. The molecule has 0 spiro atoms. The molecule has 0 aliphatic rings. The van der Waals surface area contributed by atoms with E-state index in [-0.39, 0.29) is 11.7 Å². The van der Waals surface area contributed by atoms with Gasteiger partial charge >= 0.3 is 0 Å². The second-order valence-electron chi connectivity index (χ2n) is 7.97. The van der Waals surface area contributed by atoms with Crippen LogP contribution in [0.4, 0.5) is 0 Å². The van der Waals surface area contributed by atoms with Crippen LogP contribution in [0.2, 0.25) is 0 Å². The van der Waals surface area contributed by atoms with Crippen LogP contribution in [0.25, 0.3) is 11.4 Å². The fraction of sp³-hybridized carbons (Fsp3) is 0.222. The molecule has 1 amide bonds. The molecule has 34 heavy (non-hydrogen) atoms. The molecule has 1 heterocycles. The molecule has 0 saturated carbocycles. The second-order valence-corrected chi connectivity index (χ2v) is 8.92. The van der Waals surface area contributed by atoms with Gasteiger partial charge in [0.15, 0.2) is 11.0 Å². The second kappa shape index (κ2) is 11.5. The summed E-state index contributed by atoms with van der Waals surface area (Å²) in [6.07, 6.45) is 0.842. The lowest BCUT2D eigenvalue weighted by atomic mass is 10.1. The van der Waals surface area contributed by atoms with Gasteiger partial charge in [0.2, 0.25) is 5.91 Å². The van der Waals surface area contributed by atoms with E-state index in [2.05, 4.69) is 32.2 Å². The maximum Gasteiger partial charge on any atom is 0.230 e. The number of thioether (sulfide) groups is 1. The van der Waals surface area contributed by atoms with Gasteiger partial charge in [-0.3, -0.25) is 4.79 Å². The van der Waals surface area contributed by atoms with Crippen molar-refractivity contribution in [3.8, 4) is 17.1 Å². The number of nitrogens with zero attached hydrogens (tertiary/aromatic N) is 3. The molecule has 174 valence electrons. The third-order valence-corrected chi connectivity index (χ3v) is 6.44. The SMILES string of the molecule is COc1ccc(-c2nnc(SCC(=O)NCc3ccc(C)cc3)n2CCc2ccccc2)cc1. The number of rotatable bonds is 10. The van der Waals surface area contributed by atoms with Gasteiger partial charge < -0.3 is 14.6 Å². The predicted octanol–water partition coefficient (Wildman–Crippen LogP) is 4.91. The molecule has 6 nitrogen and oxygen atoms in total. The number of hydrogen-bond acceptors (Lipinski definition) is 5.